The van der Waals surface area contributed by atoms with Gasteiger partial charge in [-0.25, -0.2) is 14.8 Å². The van der Waals surface area contributed by atoms with E-state index in [0.29, 0.717) is 28.1 Å². The van der Waals surface area contributed by atoms with Crippen molar-refractivity contribution >= 4 is 39.2 Å². The molecule has 7 nitrogen and oxygen atoms in total. The number of nitrogens with zero attached hydrogens (tertiary/aromatic N) is 2. The van der Waals surface area contributed by atoms with E-state index < -0.39 is 5.97 Å². The van der Waals surface area contributed by atoms with Crippen molar-refractivity contribution in [1.29, 1.82) is 0 Å². The Labute approximate surface area is 119 Å². The maximum Gasteiger partial charge on any atom is 0.346 e. The van der Waals surface area contributed by atoms with Gasteiger partial charge < -0.3 is 15.7 Å². The van der Waals surface area contributed by atoms with Crippen LogP contribution in [0.3, 0.4) is 0 Å². The summed E-state index contributed by atoms with van der Waals surface area (Å²) in [5.74, 6) is -0.659. The van der Waals surface area contributed by atoms with Crippen LogP contribution < -0.4 is 10.6 Å². The van der Waals surface area contributed by atoms with Gasteiger partial charge in [0.1, 0.15) is 21.9 Å². The van der Waals surface area contributed by atoms with Gasteiger partial charge in [0.15, 0.2) is 0 Å². The highest BCUT2D eigenvalue weighted by Crippen LogP contribution is 2.32. The summed E-state index contributed by atoms with van der Waals surface area (Å²) in [7, 11) is 0. The number of likely N-dealkylation sites (N-methyl/N-ethyl adjacent to an activating group) is 1. The van der Waals surface area contributed by atoms with Crippen LogP contribution in [0.25, 0.3) is 10.2 Å². The van der Waals surface area contributed by atoms with E-state index in [1.165, 1.54) is 6.33 Å². The maximum atomic E-state index is 11.4. The highest BCUT2D eigenvalue weighted by atomic mass is 32.1. The molecular weight excluding hydrogens is 280 g/mol. The summed E-state index contributed by atoms with van der Waals surface area (Å²) in [5, 5.41) is 15.4. The number of carboxylic acids is 1. The van der Waals surface area contributed by atoms with Crippen LogP contribution in [0, 0.1) is 6.92 Å². The van der Waals surface area contributed by atoms with Gasteiger partial charge in [-0.15, -0.1) is 11.3 Å². The smallest absolute Gasteiger partial charge is 0.346 e. The largest absolute Gasteiger partial charge is 0.477 e. The maximum absolute atomic E-state index is 11.4. The molecule has 0 aliphatic heterocycles. The van der Waals surface area contributed by atoms with Gasteiger partial charge in [-0.05, 0) is 19.4 Å². The third kappa shape index (κ3) is 2.69. The van der Waals surface area contributed by atoms with E-state index in [-0.39, 0.29) is 17.3 Å². The first-order chi connectivity index (χ1) is 9.54. The Hall–Kier alpha value is -2.22. The van der Waals surface area contributed by atoms with Gasteiger partial charge in [0.05, 0.1) is 11.9 Å². The first-order valence-electron chi connectivity index (χ1n) is 6.02. The Morgan fingerprint density at radius 1 is 1.40 bits per heavy atom. The number of anilines is 1. The molecule has 0 fully saturated rings. The fourth-order valence-corrected chi connectivity index (χ4v) is 2.82. The number of thiophene rings is 1. The molecule has 1 amide bonds. The van der Waals surface area contributed by atoms with Crippen molar-refractivity contribution in [1.82, 2.24) is 15.3 Å². The Morgan fingerprint density at radius 3 is 2.80 bits per heavy atom. The second-order valence-electron chi connectivity index (χ2n) is 4.07. The number of fused-ring (bicyclic) bond motifs is 1. The molecule has 0 bridgehead atoms. The average molecular weight is 294 g/mol. The minimum Gasteiger partial charge on any atom is -0.477 e. The minimum absolute atomic E-state index is 0.0810. The molecule has 0 atom stereocenters. The number of aryl methyl sites for hydroxylation is 1. The second-order valence-corrected chi connectivity index (χ2v) is 5.07. The van der Waals surface area contributed by atoms with Crippen LogP contribution in [0.15, 0.2) is 6.33 Å². The van der Waals surface area contributed by atoms with E-state index in [2.05, 4.69) is 20.6 Å². The van der Waals surface area contributed by atoms with Crippen LogP contribution >= 0.6 is 11.3 Å². The topological polar surface area (TPSA) is 104 Å². The van der Waals surface area contributed by atoms with Crippen LogP contribution in [-0.2, 0) is 4.79 Å². The molecule has 0 saturated heterocycles. The van der Waals surface area contributed by atoms with Crippen molar-refractivity contribution in [3.8, 4) is 0 Å². The zero-order chi connectivity index (χ0) is 14.7. The van der Waals surface area contributed by atoms with E-state index in [9.17, 15) is 9.59 Å². The Morgan fingerprint density at radius 2 is 2.15 bits per heavy atom. The van der Waals surface area contributed by atoms with Gasteiger partial charge >= 0.3 is 5.97 Å². The summed E-state index contributed by atoms with van der Waals surface area (Å²) in [6, 6.07) is 0. The molecule has 0 spiro atoms. The highest BCUT2D eigenvalue weighted by Gasteiger charge is 2.18. The molecule has 8 heteroatoms. The summed E-state index contributed by atoms with van der Waals surface area (Å²) in [5.41, 5.74) is 0.608. The highest BCUT2D eigenvalue weighted by molar-refractivity contribution is 7.20. The molecular formula is C12H14N4O3S. The fourth-order valence-electron chi connectivity index (χ4n) is 1.83. The lowest BCUT2D eigenvalue weighted by Gasteiger charge is -2.07. The van der Waals surface area contributed by atoms with Gasteiger partial charge in [0, 0.05) is 6.54 Å². The van der Waals surface area contributed by atoms with Gasteiger partial charge in [0.2, 0.25) is 5.91 Å². The van der Waals surface area contributed by atoms with Crippen LogP contribution in [0.4, 0.5) is 5.82 Å². The van der Waals surface area contributed by atoms with Crippen molar-refractivity contribution in [3.63, 3.8) is 0 Å². The molecule has 0 aliphatic carbocycles. The lowest BCUT2D eigenvalue weighted by atomic mass is 10.2. The molecule has 0 unspecified atom stereocenters. The molecule has 3 N–H and O–H groups in total. The molecule has 0 aromatic carbocycles. The lowest BCUT2D eigenvalue weighted by molar-refractivity contribution is -0.119. The quantitative estimate of drug-likeness (QED) is 0.766. The first kappa shape index (κ1) is 14.2. The third-order valence-electron chi connectivity index (χ3n) is 2.71. The second kappa shape index (κ2) is 5.83. The third-order valence-corrected chi connectivity index (χ3v) is 3.90. The number of aromatic carboxylic acids is 1. The summed E-state index contributed by atoms with van der Waals surface area (Å²) in [4.78, 5) is 31.6. The van der Waals surface area contributed by atoms with Crippen molar-refractivity contribution < 1.29 is 14.7 Å². The van der Waals surface area contributed by atoms with E-state index >= 15 is 0 Å². The zero-order valence-electron chi connectivity index (χ0n) is 11.1. The fraction of sp³-hybridized carbons (Fsp3) is 0.333. The number of aromatic nitrogens is 2. The molecule has 2 rings (SSSR count). The van der Waals surface area contributed by atoms with Crippen LogP contribution in [0.1, 0.15) is 22.2 Å². The SMILES string of the molecule is CCNC(=O)CNc1ncnc2sc(C(=O)O)c(C)c12. The number of nitrogens with one attached hydrogen (secondary N) is 2. The number of carbonyl (C=O) groups excluding carboxylic acids is 1. The number of carboxylic acid groups (broad SMARTS) is 1. The van der Waals surface area contributed by atoms with Crippen LogP contribution in [-0.4, -0.2) is 40.0 Å². The molecule has 106 valence electrons. The molecule has 0 aliphatic rings. The zero-order valence-corrected chi connectivity index (χ0v) is 11.9. The first-order valence-corrected chi connectivity index (χ1v) is 6.84. The van der Waals surface area contributed by atoms with Crippen LogP contribution in [0.2, 0.25) is 0 Å². The van der Waals surface area contributed by atoms with Crippen LogP contribution in [0.5, 0.6) is 0 Å². The number of hydrogen-bond donors (Lipinski definition) is 3. The Kier molecular flexibility index (Phi) is 4.14. The van der Waals surface area contributed by atoms with Gasteiger partial charge in [-0.1, -0.05) is 0 Å². The molecule has 0 radical (unpaired) electrons. The van der Waals surface area contributed by atoms with E-state index in [1.54, 1.807) is 6.92 Å². The molecule has 20 heavy (non-hydrogen) atoms. The predicted molar refractivity (Wildman–Crippen MR) is 76.3 cm³/mol. The van der Waals surface area contributed by atoms with Gasteiger partial charge in [-0.3, -0.25) is 4.79 Å². The summed E-state index contributed by atoms with van der Waals surface area (Å²) < 4.78 is 0. The van der Waals surface area contributed by atoms with E-state index in [4.69, 9.17) is 5.11 Å². The normalized spacial score (nSPS) is 10.5. The summed E-state index contributed by atoms with van der Waals surface area (Å²) in [6.45, 7) is 4.18. The van der Waals surface area contributed by atoms with Gasteiger partial charge in [-0.2, -0.15) is 0 Å². The molecule has 2 heterocycles. The number of amides is 1. The minimum atomic E-state index is -0.986. The van der Waals surface area contributed by atoms with E-state index in [0.717, 1.165) is 11.3 Å². The Bertz CT molecular complexity index is 668. The van der Waals surface area contributed by atoms with Crippen molar-refractivity contribution in [3.05, 3.63) is 16.8 Å². The number of hydrogen-bond acceptors (Lipinski definition) is 6. The van der Waals surface area contributed by atoms with Crippen molar-refractivity contribution in [2.75, 3.05) is 18.4 Å². The summed E-state index contributed by atoms with van der Waals surface area (Å²) >= 11 is 1.10. The standard InChI is InChI=1S/C12H14N4O3S/c1-3-13-7(17)4-14-10-8-6(2)9(12(18)19)20-11(8)16-5-15-10/h5H,3-4H2,1-2H3,(H,13,17)(H,18,19)(H,14,15,16). The molecule has 0 saturated carbocycles. The van der Waals surface area contributed by atoms with Gasteiger partial charge in [0.25, 0.3) is 0 Å². The van der Waals surface area contributed by atoms with E-state index in [1.807, 2.05) is 6.92 Å². The Balaban J connectivity index is 2.34. The molecule has 2 aromatic heterocycles. The molecule has 2 aromatic rings. The number of carbonyl (C=O) groups is 2. The van der Waals surface area contributed by atoms with Crippen molar-refractivity contribution in [2.24, 2.45) is 0 Å². The monoisotopic (exact) mass is 294 g/mol. The lowest BCUT2D eigenvalue weighted by Crippen LogP contribution is -2.29. The summed E-state index contributed by atoms with van der Waals surface area (Å²) in [6.07, 6.45) is 1.35. The average Bonchev–Trinajstić information content (AvgIpc) is 2.75. The van der Waals surface area contributed by atoms with Crippen molar-refractivity contribution in [2.45, 2.75) is 13.8 Å². The predicted octanol–water partition coefficient (Wildman–Crippen LogP) is 1.25. The number of rotatable bonds is 5.